The highest BCUT2D eigenvalue weighted by molar-refractivity contribution is 7.17. The van der Waals surface area contributed by atoms with Gasteiger partial charge in [0.15, 0.2) is 0 Å². The Morgan fingerprint density at radius 2 is 2.08 bits per heavy atom. The molecule has 1 nitrogen and oxygen atoms in total. The number of para-hydroxylation sites is 1. The van der Waals surface area contributed by atoms with E-state index >= 15 is 0 Å². The number of hydrogen-bond acceptors (Lipinski definition) is 1. The highest BCUT2D eigenvalue weighted by Gasteiger charge is 2.03. The van der Waals surface area contributed by atoms with Crippen molar-refractivity contribution in [2.24, 2.45) is 0 Å². The third-order valence-corrected chi connectivity index (χ3v) is 2.41. The van der Waals surface area contributed by atoms with Gasteiger partial charge >= 0.3 is 0 Å². The number of hydrogen-bond donors (Lipinski definition) is 0. The molecule has 1 rings (SSSR count). The monoisotopic (exact) mass is 196 g/mol. The average molecular weight is 196 g/mol. The highest BCUT2D eigenvalue weighted by atomic mass is 31.0. The number of ether oxygens (including phenoxy) is 1. The number of aryl methyl sites for hydroxylation is 1. The van der Waals surface area contributed by atoms with Gasteiger partial charge in [0.25, 0.3) is 0 Å². The topological polar surface area (TPSA) is 9.23 Å². The van der Waals surface area contributed by atoms with E-state index in [2.05, 4.69) is 29.2 Å². The maximum atomic E-state index is 5.75. The van der Waals surface area contributed by atoms with Gasteiger partial charge in [-0.15, -0.1) is 0 Å². The van der Waals surface area contributed by atoms with Crippen LogP contribution in [0, 0.1) is 6.92 Å². The first-order valence-electron chi connectivity index (χ1n) is 4.72. The summed E-state index contributed by atoms with van der Waals surface area (Å²) in [6.45, 7) is 4.23. The summed E-state index contributed by atoms with van der Waals surface area (Å²) in [4.78, 5) is 0. The summed E-state index contributed by atoms with van der Waals surface area (Å²) in [5.74, 6) is 1.24. The molecule has 13 heavy (non-hydrogen) atoms. The van der Waals surface area contributed by atoms with Gasteiger partial charge in [0, 0.05) is 0 Å². The van der Waals surface area contributed by atoms with Crippen molar-refractivity contribution < 1.29 is 4.74 Å². The van der Waals surface area contributed by atoms with Gasteiger partial charge in [-0.2, -0.15) is 0 Å². The van der Waals surface area contributed by atoms with Crippen molar-refractivity contribution in [3.63, 3.8) is 0 Å². The van der Waals surface area contributed by atoms with Crippen molar-refractivity contribution in [3.05, 3.63) is 29.8 Å². The molecule has 0 saturated carbocycles. The Labute approximate surface area is 82.7 Å². The molecule has 0 aromatic heterocycles. The maximum Gasteiger partial charge on any atom is 0.123 e. The van der Waals surface area contributed by atoms with Crippen LogP contribution >= 0.6 is 9.24 Å². The first kappa shape index (κ1) is 10.5. The van der Waals surface area contributed by atoms with Crippen LogP contribution in [0.1, 0.15) is 25.3 Å². The summed E-state index contributed by atoms with van der Waals surface area (Å²) >= 11 is 0. The third-order valence-electron chi connectivity index (χ3n) is 1.95. The zero-order chi connectivity index (χ0) is 9.68. The molecule has 1 aromatic rings. The lowest BCUT2D eigenvalue weighted by atomic mass is 10.2. The quantitative estimate of drug-likeness (QED) is 0.671. The van der Waals surface area contributed by atoms with E-state index in [1.54, 1.807) is 0 Å². The molecular formula is C11H17OP. The molecule has 0 radical (unpaired) electrons. The molecule has 0 N–H and O–H groups in total. The summed E-state index contributed by atoms with van der Waals surface area (Å²) in [6, 6.07) is 8.12. The highest BCUT2D eigenvalue weighted by Crippen LogP contribution is 2.21. The summed E-state index contributed by atoms with van der Waals surface area (Å²) in [5.41, 5.74) is 1.20. The molecule has 1 aromatic carbocycles. The molecule has 0 aliphatic carbocycles. The van der Waals surface area contributed by atoms with Crippen LogP contribution in [0.3, 0.4) is 0 Å². The smallest absolute Gasteiger partial charge is 0.123 e. The van der Waals surface area contributed by atoms with Crippen LogP contribution in [0.15, 0.2) is 24.3 Å². The Balaban J connectivity index is 2.58. The van der Waals surface area contributed by atoms with E-state index in [1.807, 2.05) is 18.2 Å². The zero-order valence-corrected chi connectivity index (χ0v) is 9.44. The lowest BCUT2D eigenvalue weighted by Crippen LogP contribution is -2.07. The summed E-state index contributed by atoms with van der Waals surface area (Å²) in [7, 11) is 2.73. The van der Waals surface area contributed by atoms with E-state index in [0.717, 1.165) is 18.6 Å². The van der Waals surface area contributed by atoms with Crippen molar-refractivity contribution >= 4 is 9.24 Å². The van der Waals surface area contributed by atoms with Gasteiger partial charge in [-0.1, -0.05) is 40.8 Å². The van der Waals surface area contributed by atoms with Gasteiger partial charge < -0.3 is 4.74 Å². The first-order chi connectivity index (χ1) is 6.24. The molecule has 2 heteroatoms. The van der Waals surface area contributed by atoms with Crippen molar-refractivity contribution in [1.29, 1.82) is 0 Å². The van der Waals surface area contributed by atoms with Crippen LogP contribution in [-0.4, -0.2) is 5.85 Å². The fourth-order valence-corrected chi connectivity index (χ4v) is 1.68. The minimum atomic E-state index is 0.242. The Bertz CT molecular complexity index is 260. The Kier molecular flexibility index (Phi) is 4.24. The van der Waals surface area contributed by atoms with Crippen LogP contribution in [0.2, 0.25) is 0 Å². The van der Waals surface area contributed by atoms with E-state index in [9.17, 15) is 0 Å². The summed E-state index contributed by atoms with van der Waals surface area (Å²) in [6.07, 6.45) is 2.24. The molecule has 0 bridgehead atoms. The summed E-state index contributed by atoms with van der Waals surface area (Å²) in [5, 5.41) is 0. The fourth-order valence-electron chi connectivity index (χ4n) is 1.20. The van der Waals surface area contributed by atoms with Gasteiger partial charge in [0.2, 0.25) is 0 Å². The van der Waals surface area contributed by atoms with E-state index in [-0.39, 0.29) is 5.85 Å². The van der Waals surface area contributed by atoms with Gasteiger partial charge in [-0.3, -0.25) is 0 Å². The Morgan fingerprint density at radius 3 is 2.69 bits per heavy atom. The molecular weight excluding hydrogens is 179 g/mol. The van der Waals surface area contributed by atoms with Gasteiger partial charge in [-0.25, -0.2) is 0 Å². The third kappa shape index (κ3) is 3.36. The summed E-state index contributed by atoms with van der Waals surface area (Å²) < 4.78 is 5.75. The van der Waals surface area contributed by atoms with E-state index in [0.29, 0.717) is 0 Å². The predicted molar refractivity (Wildman–Crippen MR) is 60.2 cm³/mol. The molecule has 0 amide bonds. The van der Waals surface area contributed by atoms with Crippen molar-refractivity contribution in [1.82, 2.24) is 0 Å². The van der Waals surface area contributed by atoms with Gasteiger partial charge in [-0.05, 0) is 25.0 Å². The minimum Gasteiger partial charge on any atom is -0.486 e. The van der Waals surface area contributed by atoms with Crippen LogP contribution in [0.5, 0.6) is 5.75 Å². The average Bonchev–Trinajstić information content (AvgIpc) is 2.09. The first-order valence-corrected chi connectivity index (χ1v) is 5.38. The number of benzene rings is 1. The standard InChI is InChI=1S/C11H17OP/c1-3-6-11(13)12-10-8-5-4-7-9(10)2/h4-5,7-8,11H,3,6,13H2,1-2H3. The number of rotatable bonds is 4. The SMILES string of the molecule is CCCC(P)Oc1ccccc1C. The van der Waals surface area contributed by atoms with Gasteiger partial charge in [0.1, 0.15) is 11.6 Å². The van der Waals surface area contributed by atoms with Crippen molar-refractivity contribution in [3.8, 4) is 5.75 Å². The second-order valence-electron chi connectivity index (χ2n) is 3.21. The molecule has 0 aliphatic heterocycles. The minimum absolute atomic E-state index is 0.242. The van der Waals surface area contributed by atoms with Crippen molar-refractivity contribution in [2.45, 2.75) is 32.5 Å². The van der Waals surface area contributed by atoms with Gasteiger partial charge in [0.05, 0.1) is 0 Å². The predicted octanol–water partition coefficient (Wildman–Crippen LogP) is 3.38. The molecule has 0 aliphatic rings. The van der Waals surface area contributed by atoms with Crippen LogP contribution < -0.4 is 4.74 Å². The van der Waals surface area contributed by atoms with E-state index in [4.69, 9.17) is 4.74 Å². The van der Waals surface area contributed by atoms with Crippen molar-refractivity contribution in [2.75, 3.05) is 0 Å². The zero-order valence-electron chi connectivity index (χ0n) is 8.29. The Hall–Kier alpha value is -0.550. The molecule has 72 valence electrons. The largest absolute Gasteiger partial charge is 0.486 e. The lowest BCUT2D eigenvalue weighted by Gasteiger charge is -2.15. The molecule has 2 atom stereocenters. The second-order valence-corrected chi connectivity index (χ2v) is 3.95. The molecule has 0 heterocycles. The normalized spacial score (nSPS) is 12.5. The molecule has 2 unspecified atom stereocenters. The Morgan fingerprint density at radius 1 is 1.38 bits per heavy atom. The van der Waals surface area contributed by atoms with Crippen LogP contribution in [0.25, 0.3) is 0 Å². The van der Waals surface area contributed by atoms with Crippen LogP contribution in [-0.2, 0) is 0 Å². The molecule has 0 saturated heterocycles. The molecule has 0 fully saturated rings. The lowest BCUT2D eigenvalue weighted by molar-refractivity contribution is 0.273. The maximum absolute atomic E-state index is 5.75. The fraction of sp³-hybridized carbons (Fsp3) is 0.455. The van der Waals surface area contributed by atoms with Crippen LogP contribution in [0.4, 0.5) is 0 Å². The van der Waals surface area contributed by atoms with E-state index < -0.39 is 0 Å². The molecule has 0 spiro atoms. The second kappa shape index (κ2) is 5.24. The van der Waals surface area contributed by atoms with E-state index in [1.165, 1.54) is 5.56 Å².